The average molecular weight is 1530 g/mol. The molecule has 0 aliphatic carbocycles. The Hall–Kier alpha value is -8.14. The number of imide groups is 2. The van der Waals surface area contributed by atoms with Gasteiger partial charge in [0, 0.05) is 65.8 Å². The third-order valence-electron chi connectivity index (χ3n) is 13.4. The van der Waals surface area contributed by atoms with Crippen LogP contribution in [0.25, 0.3) is 43.6 Å². The van der Waals surface area contributed by atoms with Gasteiger partial charge in [0.15, 0.2) is 11.5 Å². The van der Waals surface area contributed by atoms with E-state index in [1.54, 1.807) is 66.7 Å². The van der Waals surface area contributed by atoms with Crippen molar-refractivity contribution < 1.29 is 87.8 Å². The predicted molar refractivity (Wildman–Crippen MR) is 337 cm³/mol. The number of rotatable bonds is 18. The van der Waals surface area contributed by atoms with Gasteiger partial charge < -0.3 is 14.3 Å². The molecule has 91 heavy (non-hydrogen) atoms. The van der Waals surface area contributed by atoms with E-state index in [9.17, 15) is 59.9 Å². The molecule has 0 atom stereocenters. The van der Waals surface area contributed by atoms with Crippen LogP contribution >= 0.6 is 63.7 Å². The molecule has 29 heteroatoms. The average Bonchev–Trinajstić information content (AvgIpc) is 0.853. The molecule has 0 N–H and O–H groups in total. The van der Waals surface area contributed by atoms with Crippen molar-refractivity contribution in [2.45, 2.75) is 96.4 Å². The molecule has 4 heterocycles. The van der Waals surface area contributed by atoms with Crippen molar-refractivity contribution in [3.05, 3.63) is 162 Å². The lowest BCUT2D eigenvalue weighted by Crippen LogP contribution is -2.49. The molecule has 2 aliphatic heterocycles. The third-order valence-corrected chi connectivity index (χ3v) is 16.9. The van der Waals surface area contributed by atoms with Crippen LogP contribution in [0.2, 0.25) is 0 Å². The highest BCUT2D eigenvalue weighted by atomic mass is 79.9. The quantitative estimate of drug-likeness (QED) is 0.00887. The lowest BCUT2D eigenvalue weighted by Gasteiger charge is -2.13. The van der Waals surface area contributed by atoms with Gasteiger partial charge in [-0.3, -0.25) is 28.2 Å². The number of esters is 2. The molecule has 10 rings (SSSR count). The largest absolute Gasteiger partial charge is 0.628 e. The normalized spacial score (nSPS) is 12.9. The van der Waals surface area contributed by atoms with Gasteiger partial charge in [0.05, 0.1) is 57.4 Å². The Kier molecular flexibility index (Phi) is 26.3. The fourth-order valence-corrected chi connectivity index (χ4v) is 12.0. The van der Waals surface area contributed by atoms with Crippen LogP contribution in [0, 0.1) is 10.8 Å². The first kappa shape index (κ1) is 71.9. The first-order chi connectivity index (χ1) is 43.1. The second kappa shape index (κ2) is 33.3. The molecule has 2 fully saturated rings. The van der Waals surface area contributed by atoms with E-state index in [-0.39, 0.29) is 51.5 Å². The van der Waals surface area contributed by atoms with E-state index in [1.807, 2.05) is 66.7 Å². The van der Waals surface area contributed by atoms with Gasteiger partial charge in [0.25, 0.3) is 23.6 Å². The summed E-state index contributed by atoms with van der Waals surface area (Å²) in [6, 6.07) is 39.5. The number of pyridine rings is 2. The third kappa shape index (κ3) is 18.1. The number of benzene rings is 6. The number of fused-ring (bicyclic) bond motifs is 4. The number of aromatic nitrogens is 2. The van der Waals surface area contributed by atoms with Crippen molar-refractivity contribution in [3.8, 4) is 11.5 Å². The molecule has 0 radical (unpaired) electrons. The molecule has 2 saturated heterocycles. The number of carbonyl (C=O) groups is 8. The maximum Gasteiger partial charge on any atom is 0.628 e. The van der Waals surface area contributed by atoms with Crippen molar-refractivity contribution in [1.82, 2.24) is 15.1 Å². The van der Waals surface area contributed by atoms with Crippen LogP contribution in [0.1, 0.15) is 112 Å². The fourth-order valence-electron chi connectivity index (χ4n) is 9.21. The van der Waals surface area contributed by atoms with E-state index >= 15 is 0 Å². The summed E-state index contributed by atoms with van der Waals surface area (Å²) in [6.07, 6.45) is 4.55. The Balaban J connectivity index is 0.000000216. The van der Waals surface area contributed by atoms with Crippen molar-refractivity contribution in [2.75, 3.05) is 6.61 Å². The highest BCUT2D eigenvalue weighted by Crippen LogP contribution is 2.37. The van der Waals surface area contributed by atoms with Gasteiger partial charge in [-0.1, -0.05) is 128 Å². The van der Waals surface area contributed by atoms with Crippen LogP contribution in [0.3, 0.4) is 0 Å². The standard InChI is InChI=1S/C25H15Br2N2O6.C20H11Br2NO2.C16H24F3NO7S.CH4.N2/c26-16-8-5-9-17(27)23(16)34-24(32)22-14-6-1-3-10-18(14)28(19-11-4-2-7-15(19)22)25(33)35-29-20(30)12-13-21(29)31;21-14-8-5-9-15(22)19(14)25-20(24)18-12-6-1-3-10-16(12)23-17-11-4-2-7-13(17)18;17-16(18,19)28(24,25)26-12-8-6-4-2-1-3-5-7-9-15(23)27-20-13(21)10-11-14(20)22;;1-2/h1-11H,12-13H2;1-11H;1-12H2;1H4;/q+1;;;;. The van der Waals surface area contributed by atoms with Crippen LogP contribution in [-0.2, 0) is 47.9 Å². The highest BCUT2D eigenvalue weighted by Gasteiger charge is 2.47. The van der Waals surface area contributed by atoms with Gasteiger partial charge in [-0.25, -0.2) is 19.4 Å². The van der Waals surface area contributed by atoms with E-state index in [0.717, 1.165) is 53.9 Å². The first-order valence-corrected chi connectivity index (χ1v) is 31.9. The Morgan fingerprint density at radius 3 is 1.27 bits per heavy atom. The smallest absolute Gasteiger partial charge is 0.420 e. The van der Waals surface area contributed by atoms with Crippen LogP contribution in [0.5, 0.6) is 11.5 Å². The van der Waals surface area contributed by atoms with E-state index in [2.05, 4.69) is 72.9 Å². The predicted octanol–water partition coefficient (Wildman–Crippen LogP) is 14.8. The summed E-state index contributed by atoms with van der Waals surface area (Å²) in [7, 11) is -5.50. The van der Waals surface area contributed by atoms with Crippen LogP contribution in [0.15, 0.2) is 151 Å². The van der Waals surface area contributed by atoms with Gasteiger partial charge in [-0.15, -0.1) is 5.06 Å². The fraction of sp³-hybridized carbons (Fsp3) is 0.258. The number of carbonyl (C=O) groups excluding carboxylic acids is 8. The summed E-state index contributed by atoms with van der Waals surface area (Å²) < 4.78 is 76.6. The van der Waals surface area contributed by atoms with Crippen molar-refractivity contribution >= 4 is 165 Å². The van der Waals surface area contributed by atoms with Gasteiger partial charge in [-0.2, -0.15) is 26.4 Å². The minimum Gasteiger partial charge on any atom is -0.420 e. The molecule has 0 unspecified atom stereocenters. The summed E-state index contributed by atoms with van der Waals surface area (Å²) in [5, 5.41) is 15.4. The molecular weight excluding hydrogens is 1480 g/mol. The number of hydrogen-bond acceptors (Lipinski definition) is 18. The number of para-hydroxylation sites is 6. The Morgan fingerprint density at radius 2 is 0.857 bits per heavy atom. The maximum absolute atomic E-state index is 13.5. The molecule has 21 nitrogen and oxygen atoms in total. The summed E-state index contributed by atoms with van der Waals surface area (Å²) in [6.45, 7) is -0.494. The topological polar surface area (TPSA) is 288 Å². The SMILES string of the molecule is C.N#N.O=C(CCCCCCCCCCOS(=O)(=O)C(F)(F)F)ON1C(=O)CCC1=O.O=C(Oc1c(Br)cccc1Br)c1c2ccccc2[n+](C(=O)ON2C(=O)CCC2=O)c2ccccc12.O=C(Oc1c(Br)cccc1Br)c1c2ccccc2nc2ccccc12. The van der Waals surface area contributed by atoms with Crippen LogP contribution in [0.4, 0.5) is 18.0 Å². The Bertz CT molecular complexity index is 4040. The number of hydrogen-bond donors (Lipinski definition) is 0. The number of unbranched alkanes of at least 4 members (excludes halogenated alkanes) is 7. The highest BCUT2D eigenvalue weighted by molar-refractivity contribution is 9.11. The summed E-state index contributed by atoms with van der Waals surface area (Å²) in [5.74, 6) is -3.10. The van der Waals surface area contributed by atoms with E-state index < -0.39 is 69.9 Å². The summed E-state index contributed by atoms with van der Waals surface area (Å²) in [5.41, 5.74) is -2.42. The lowest BCUT2D eigenvalue weighted by molar-refractivity contribution is -0.537. The monoisotopic (exact) mass is 1530 g/mol. The Morgan fingerprint density at radius 1 is 0.505 bits per heavy atom. The number of nitrogens with zero attached hydrogens (tertiary/aromatic N) is 6. The Labute approximate surface area is 552 Å². The summed E-state index contributed by atoms with van der Waals surface area (Å²) >= 11 is 13.7. The second-order valence-corrected chi connectivity index (χ2v) is 24.5. The number of amides is 4. The van der Waals surface area contributed by atoms with Gasteiger partial charge in [-0.05, 0) is 125 Å². The number of alkyl halides is 3. The number of halogens is 7. The van der Waals surface area contributed by atoms with Gasteiger partial charge in [0.1, 0.15) is 0 Å². The maximum atomic E-state index is 13.5. The second-order valence-electron chi connectivity index (χ2n) is 19.4. The zero-order valence-electron chi connectivity index (χ0n) is 47.0. The van der Waals surface area contributed by atoms with E-state index in [1.165, 1.54) is 4.57 Å². The van der Waals surface area contributed by atoms with Crippen LogP contribution in [-0.4, -0.2) is 83.3 Å². The van der Waals surface area contributed by atoms with Crippen molar-refractivity contribution in [2.24, 2.45) is 0 Å². The molecule has 476 valence electrons. The molecule has 0 saturated carbocycles. The molecule has 6 aromatic carbocycles. The minimum atomic E-state index is -5.50. The molecule has 8 aromatic rings. The lowest BCUT2D eigenvalue weighted by atomic mass is 10.0. The molecular formula is C62H54Br4F3N6O15S+. The molecule has 4 amide bonds. The van der Waals surface area contributed by atoms with Crippen molar-refractivity contribution in [3.63, 3.8) is 0 Å². The van der Waals surface area contributed by atoms with E-state index in [4.69, 9.17) is 29.9 Å². The molecule has 0 bridgehead atoms. The minimum absolute atomic E-state index is 0. The number of ether oxygens (including phenoxy) is 2. The number of hydroxylamine groups is 4. The van der Waals surface area contributed by atoms with Crippen molar-refractivity contribution in [1.29, 1.82) is 10.8 Å². The zero-order chi connectivity index (χ0) is 65.3. The molecule has 0 spiro atoms. The van der Waals surface area contributed by atoms with Gasteiger partial charge in [0.2, 0.25) is 11.0 Å². The first-order valence-electron chi connectivity index (χ1n) is 27.3. The summed E-state index contributed by atoms with van der Waals surface area (Å²) in [4.78, 5) is 113. The molecule has 2 aliphatic rings. The molecule has 2 aromatic heterocycles. The van der Waals surface area contributed by atoms with Gasteiger partial charge >= 0.3 is 39.6 Å². The van der Waals surface area contributed by atoms with E-state index in [0.29, 0.717) is 79.7 Å². The zero-order valence-corrected chi connectivity index (χ0v) is 54.1. The van der Waals surface area contributed by atoms with Crippen LogP contribution < -0.4 is 14.0 Å².